The third kappa shape index (κ3) is 17.1. The lowest BCUT2D eigenvalue weighted by molar-refractivity contribution is -0.304. The highest BCUT2D eigenvalue weighted by Gasteiger charge is 2.46. The van der Waals surface area contributed by atoms with Gasteiger partial charge in [-0.25, -0.2) is 0 Å². The third-order valence-corrected chi connectivity index (χ3v) is 10.3. The van der Waals surface area contributed by atoms with Gasteiger partial charge in [0, 0.05) is 19.5 Å². The molecule has 0 aromatic heterocycles. The van der Waals surface area contributed by atoms with E-state index >= 15 is 0 Å². The van der Waals surface area contributed by atoms with Crippen LogP contribution in [0.1, 0.15) is 32.1 Å². The second-order valence-electron chi connectivity index (χ2n) is 15.3. The first kappa shape index (κ1) is 54.5. The number of amides is 3. The molecule has 0 bridgehead atoms. The fraction of sp³-hybridized carbons (Fsp3) is 0.889. The Kier molecular flexibility index (Phi) is 23.8. The van der Waals surface area contributed by atoms with Crippen LogP contribution in [0.3, 0.4) is 0 Å². The van der Waals surface area contributed by atoms with E-state index in [-0.39, 0.29) is 39.1 Å². The van der Waals surface area contributed by atoms with E-state index < -0.39 is 168 Å². The van der Waals surface area contributed by atoms with Crippen LogP contribution >= 0.6 is 0 Å². The molecule has 0 aliphatic carbocycles. The smallest absolute Gasteiger partial charge is 0.303 e. The fourth-order valence-electron chi connectivity index (χ4n) is 6.68. The molecule has 366 valence electrons. The van der Waals surface area contributed by atoms with E-state index in [2.05, 4.69) is 16.0 Å². The molecule has 3 saturated heterocycles. The molecule has 27 heteroatoms. The molecular formula is C36H64N4O23. The van der Waals surface area contributed by atoms with E-state index in [1.807, 2.05) is 0 Å². The highest BCUT2D eigenvalue weighted by Crippen LogP contribution is 2.25. The van der Waals surface area contributed by atoms with Crippen LogP contribution in [0, 0.1) is 0 Å². The lowest BCUT2D eigenvalue weighted by Crippen LogP contribution is -2.60. The number of unbranched alkanes of at least 4 members (excludes halogenated alkanes) is 2. The van der Waals surface area contributed by atoms with E-state index in [0.717, 1.165) is 4.90 Å². The Morgan fingerprint density at radius 2 is 0.952 bits per heavy atom. The molecule has 3 aliphatic rings. The van der Waals surface area contributed by atoms with Gasteiger partial charge in [0.25, 0.3) is 0 Å². The van der Waals surface area contributed by atoms with Crippen molar-refractivity contribution in [1.82, 2.24) is 20.9 Å². The van der Waals surface area contributed by atoms with Crippen molar-refractivity contribution < 1.29 is 114 Å². The van der Waals surface area contributed by atoms with Gasteiger partial charge in [0.2, 0.25) is 17.7 Å². The van der Waals surface area contributed by atoms with E-state index in [0.29, 0.717) is 19.3 Å². The van der Waals surface area contributed by atoms with Gasteiger partial charge in [-0.05, 0) is 19.3 Å². The van der Waals surface area contributed by atoms with Gasteiger partial charge in [-0.2, -0.15) is 0 Å². The van der Waals surface area contributed by atoms with Gasteiger partial charge in [-0.3, -0.25) is 24.1 Å². The van der Waals surface area contributed by atoms with Crippen molar-refractivity contribution in [2.45, 2.75) is 130 Å². The molecule has 0 radical (unpaired) electrons. The number of aliphatic carboxylic acids is 1. The van der Waals surface area contributed by atoms with Crippen LogP contribution in [-0.2, 0) is 47.6 Å². The number of carboxylic acids is 1. The Morgan fingerprint density at radius 1 is 0.524 bits per heavy atom. The average molecular weight is 921 g/mol. The molecule has 1 unspecified atom stereocenters. The first-order chi connectivity index (χ1) is 29.9. The normalized spacial score (nSPS) is 34.0. The van der Waals surface area contributed by atoms with Crippen LogP contribution in [0.25, 0.3) is 0 Å². The molecule has 3 amide bonds. The number of ether oxygens (including phenoxy) is 6. The maximum absolute atomic E-state index is 13.6. The van der Waals surface area contributed by atoms with Gasteiger partial charge >= 0.3 is 5.97 Å². The largest absolute Gasteiger partial charge is 0.481 e. The van der Waals surface area contributed by atoms with Crippen molar-refractivity contribution in [3.05, 3.63) is 0 Å². The van der Waals surface area contributed by atoms with Gasteiger partial charge in [0.15, 0.2) is 18.9 Å². The van der Waals surface area contributed by atoms with Crippen molar-refractivity contribution in [3.63, 3.8) is 0 Å². The summed E-state index contributed by atoms with van der Waals surface area (Å²) >= 11 is 0. The Balaban J connectivity index is 1.67. The SMILES string of the molecule is O=C(O)CCCCCNC(=O)CN(CC(=O)NCCO[C@H]1O[C@H](CO)[C@@H](O)[C@H](O)[C@@H]1O)CC(=O)NC(CCO[C@H]1O[C@H](CO)[C@@H](O)[C@H](O)[C@@H]1O)CO[C@H]1O[C@H](CO)[C@@H](O)[C@H](O)[C@@H]1O. The van der Waals surface area contributed by atoms with Gasteiger partial charge in [-0.15, -0.1) is 0 Å². The zero-order chi connectivity index (χ0) is 46.8. The van der Waals surface area contributed by atoms with Crippen LogP contribution in [-0.4, -0.2) is 266 Å². The molecule has 3 heterocycles. The summed E-state index contributed by atoms with van der Waals surface area (Å²) in [5.41, 5.74) is 0. The summed E-state index contributed by atoms with van der Waals surface area (Å²) in [7, 11) is 0. The number of aliphatic hydroxyl groups is 12. The number of nitrogens with one attached hydrogen (secondary N) is 3. The van der Waals surface area contributed by atoms with E-state index in [1.54, 1.807) is 0 Å². The van der Waals surface area contributed by atoms with Crippen LogP contribution < -0.4 is 16.0 Å². The Labute approximate surface area is 361 Å². The first-order valence-electron chi connectivity index (χ1n) is 20.4. The van der Waals surface area contributed by atoms with E-state index in [9.17, 15) is 80.5 Å². The quantitative estimate of drug-likeness (QED) is 0.0340. The van der Waals surface area contributed by atoms with Gasteiger partial charge < -0.3 is 111 Å². The van der Waals surface area contributed by atoms with Crippen LogP contribution in [0.5, 0.6) is 0 Å². The van der Waals surface area contributed by atoms with Crippen LogP contribution in [0.2, 0.25) is 0 Å². The van der Waals surface area contributed by atoms with Gasteiger partial charge in [0.05, 0.1) is 65.3 Å². The number of carbonyl (C=O) groups excluding carboxylic acids is 3. The third-order valence-electron chi connectivity index (χ3n) is 10.3. The predicted molar refractivity (Wildman–Crippen MR) is 204 cm³/mol. The second-order valence-corrected chi connectivity index (χ2v) is 15.3. The summed E-state index contributed by atoms with van der Waals surface area (Å²) < 4.78 is 32.5. The predicted octanol–water partition coefficient (Wildman–Crippen LogP) is -9.51. The molecule has 0 saturated carbocycles. The fourth-order valence-corrected chi connectivity index (χ4v) is 6.68. The minimum absolute atomic E-state index is 0.0477. The molecule has 3 fully saturated rings. The molecule has 16 atom stereocenters. The Hall–Kier alpha value is -2.88. The number of carbonyl (C=O) groups is 4. The summed E-state index contributed by atoms with van der Waals surface area (Å²) in [4.78, 5) is 51.4. The van der Waals surface area contributed by atoms with Gasteiger partial charge in [0.1, 0.15) is 73.2 Å². The monoisotopic (exact) mass is 920 g/mol. The van der Waals surface area contributed by atoms with Crippen molar-refractivity contribution in [2.24, 2.45) is 0 Å². The molecule has 0 aromatic carbocycles. The molecule has 27 nitrogen and oxygen atoms in total. The minimum Gasteiger partial charge on any atom is -0.481 e. The highest BCUT2D eigenvalue weighted by molar-refractivity contribution is 5.84. The number of rotatable bonds is 27. The van der Waals surface area contributed by atoms with Crippen LogP contribution in [0.4, 0.5) is 0 Å². The van der Waals surface area contributed by atoms with Crippen molar-refractivity contribution in [2.75, 3.05) is 72.4 Å². The van der Waals surface area contributed by atoms with E-state index in [4.69, 9.17) is 33.5 Å². The molecular weight excluding hydrogens is 856 g/mol. The summed E-state index contributed by atoms with van der Waals surface area (Å²) in [6, 6.07) is -1.08. The maximum atomic E-state index is 13.6. The zero-order valence-electron chi connectivity index (χ0n) is 34.4. The molecule has 63 heavy (non-hydrogen) atoms. The van der Waals surface area contributed by atoms with Crippen LogP contribution in [0.15, 0.2) is 0 Å². The number of nitrogens with zero attached hydrogens (tertiary/aromatic N) is 1. The maximum Gasteiger partial charge on any atom is 0.303 e. The lowest BCUT2D eigenvalue weighted by Gasteiger charge is -2.40. The van der Waals surface area contributed by atoms with E-state index in [1.165, 1.54) is 0 Å². The first-order valence-corrected chi connectivity index (χ1v) is 20.4. The molecule has 16 N–H and O–H groups in total. The summed E-state index contributed by atoms with van der Waals surface area (Å²) in [5, 5.41) is 137. The number of hydrogen-bond donors (Lipinski definition) is 16. The van der Waals surface area contributed by atoms with Crippen molar-refractivity contribution >= 4 is 23.7 Å². The molecule has 0 spiro atoms. The Morgan fingerprint density at radius 3 is 1.41 bits per heavy atom. The highest BCUT2D eigenvalue weighted by atomic mass is 16.7. The minimum atomic E-state index is -1.81. The number of aliphatic hydroxyl groups excluding tert-OH is 12. The second kappa shape index (κ2) is 27.6. The molecule has 3 aliphatic heterocycles. The standard InChI is InChI=1S/C36H64N4O23/c41-13-18-25(49)28(52)31(55)34(61-18)58-8-5-17(16-60-36-33(57)30(54)27(51)20(15-43)63-36)39-23(46)12-40(10-21(44)37-6-3-1-2-4-24(47)48)11-22(45)38-7-9-59-35-32(56)29(53)26(50)19(14-42)62-35/h17-20,25-36,41-43,49-57H,1-16H2,(H,37,44)(H,38,45)(H,39,46)(H,47,48)/t17?,18-,19-,20-,25-,26-,27-,28+,29+,30+,31+,32+,33+,34+,35+,36+/m1/s1. The molecule has 0 aromatic rings. The summed E-state index contributed by atoms with van der Waals surface area (Å²) in [6.45, 7) is -5.02. The number of hydrogen-bond acceptors (Lipinski definition) is 23. The number of carboxylic acid groups (broad SMARTS) is 1. The van der Waals surface area contributed by atoms with Crippen molar-refractivity contribution in [3.8, 4) is 0 Å². The summed E-state index contributed by atoms with van der Waals surface area (Å²) in [6.07, 6.45) is -22.8. The topological polar surface area (TPSA) is 426 Å². The van der Waals surface area contributed by atoms with Gasteiger partial charge in [-0.1, -0.05) is 6.42 Å². The summed E-state index contributed by atoms with van der Waals surface area (Å²) in [5.74, 6) is -3.08. The lowest BCUT2D eigenvalue weighted by atomic mass is 9.99. The molecule has 3 rings (SSSR count). The average Bonchev–Trinajstić information content (AvgIpc) is 3.24. The Bertz CT molecular complexity index is 1390. The van der Waals surface area contributed by atoms with Crippen molar-refractivity contribution in [1.29, 1.82) is 0 Å². The zero-order valence-corrected chi connectivity index (χ0v) is 34.4.